The van der Waals surface area contributed by atoms with Crippen LogP contribution in [0.25, 0.3) is 0 Å². The van der Waals surface area contributed by atoms with E-state index >= 15 is 0 Å². The fraction of sp³-hybridized carbons (Fsp3) is 0.600. The van der Waals surface area contributed by atoms with Crippen molar-refractivity contribution < 1.29 is 0 Å². The summed E-state index contributed by atoms with van der Waals surface area (Å²) in [5.74, 6) is 0.899. The van der Waals surface area contributed by atoms with Crippen LogP contribution in [0.4, 0.5) is 0 Å². The zero-order valence-electron chi connectivity index (χ0n) is 8.89. The van der Waals surface area contributed by atoms with E-state index in [2.05, 4.69) is 28.3 Å². The topological polar surface area (TPSA) is 56.7 Å². The van der Waals surface area contributed by atoms with Gasteiger partial charge in [-0.2, -0.15) is 0 Å². The molecule has 1 aromatic heterocycles. The Bertz CT molecular complexity index is 356. The van der Waals surface area contributed by atoms with Crippen LogP contribution in [0.15, 0.2) is 17.8 Å². The van der Waals surface area contributed by atoms with E-state index < -0.39 is 0 Å². The second kappa shape index (κ2) is 4.37. The Labute approximate surface area is 93.9 Å². The van der Waals surface area contributed by atoms with Gasteiger partial charge in [0.15, 0.2) is 5.16 Å². The molecule has 1 atom stereocenters. The Kier molecular flexibility index (Phi) is 3.11. The van der Waals surface area contributed by atoms with Crippen molar-refractivity contribution in [3.8, 4) is 0 Å². The van der Waals surface area contributed by atoms with Gasteiger partial charge in [0.2, 0.25) is 0 Å². The van der Waals surface area contributed by atoms with Crippen LogP contribution in [0.5, 0.6) is 0 Å². The van der Waals surface area contributed by atoms with Gasteiger partial charge in [-0.1, -0.05) is 17.8 Å². The highest BCUT2D eigenvalue weighted by Crippen LogP contribution is 2.39. The van der Waals surface area contributed by atoms with Gasteiger partial charge in [-0.05, 0) is 19.8 Å². The molecule has 4 nitrogen and oxygen atoms in total. The summed E-state index contributed by atoms with van der Waals surface area (Å²) in [6.07, 6.45) is 4.36. The molecule has 0 aliphatic heterocycles. The summed E-state index contributed by atoms with van der Waals surface area (Å²) in [4.78, 5) is 0. The predicted molar refractivity (Wildman–Crippen MR) is 61.7 cm³/mol. The van der Waals surface area contributed by atoms with Gasteiger partial charge in [-0.25, -0.2) is 0 Å². The molecule has 1 aromatic rings. The van der Waals surface area contributed by atoms with Crippen LogP contribution in [-0.4, -0.2) is 20.0 Å². The van der Waals surface area contributed by atoms with Gasteiger partial charge in [0.25, 0.3) is 0 Å². The van der Waals surface area contributed by atoms with Gasteiger partial charge >= 0.3 is 0 Å². The zero-order valence-corrected chi connectivity index (χ0v) is 9.70. The Morgan fingerprint density at radius 2 is 2.40 bits per heavy atom. The summed E-state index contributed by atoms with van der Waals surface area (Å²) < 4.78 is 2.19. The third-order valence-corrected chi connectivity index (χ3v) is 3.51. The molecule has 2 rings (SSSR count). The third kappa shape index (κ3) is 2.23. The quantitative estimate of drug-likeness (QED) is 0.611. The molecular weight excluding hydrogens is 208 g/mol. The fourth-order valence-corrected chi connectivity index (χ4v) is 2.33. The molecule has 2 N–H and O–H groups in total. The van der Waals surface area contributed by atoms with E-state index in [0.29, 0.717) is 17.8 Å². The van der Waals surface area contributed by atoms with E-state index in [1.165, 1.54) is 12.8 Å². The van der Waals surface area contributed by atoms with Crippen molar-refractivity contribution in [1.29, 1.82) is 0 Å². The first-order valence-corrected chi connectivity index (χ1v) is 6.07. The van der Waals surface area contributed by atoms with Crippen molar-refractivity contribution in [2.45, 2.75) is 42.8 Å². The Hall–Kier alpha value is -0.810. The molecule has 0 aromatic carbocycles. The summed E-state index contributed by atoms with van der Waals surface area (Å²) in [5, 5.41) is 9.64. The predicted octanol–water partition coefficient (Wildman–Crippen LogP) is 1.74. The lowest BCUT2D eigenvalue weighted by Gasteiger charge is -2.09. The summed E-state index contributed by atoms with van der Waals surface area (Å²) in [7, 11) is 0. The molecule has 1 saturated carbocycles. The smallest absolute Gasteiger partial charge is 0.192 e. The molecular formula is C10H16N4S. The van der Waals surface area contributed by atoms with Gasteiger partial charge in [0.05, 0.1) is 6.54 Å². The van der Waals surface area contributed by atoms with E-state index in [1.54, 1.807) is 11.8 Å². The van der Waals surface area contributed by atoms with E-state index in [-0.39, 0.29) is 0 Å². The van der Waals surface area contributed by atoms with Crippen LogP contribution >= 0.6 is 11.8 Å². The molecule has 82 valence electrons. The average Bonchev–Trinajstić information content (AvgIpc) is 3.00. The number of hydrogen-bond donors (Lipinski definition) is 1. The maximum atomic E-state index is 5.64. The minimum atomic E-state index is 0.359. The molecule has 0 bridgehead atoms. The van der Waals surface area contributed by atoms with E-state index in [9.17, 15) is 0 Å². The third-order valence-electron chi connectivity index (χ3n) is 2.45. The Morgan fingerprint density at radius 1 is 1.67 bits per heavy atom. The first kappa shape index (κ1) is 10.7. The standard InChI is InChI=1S/C10H16N4S/c1-3-7(2)15-10-13-12-9(6-11)14(10)8-4-5-8/h3,7-8H,1,4-6,11H2,2H3. The van der Waals surface area contributed by atoms with E-state index in [0.717, 1.165) is 11.0 Å². The first-order chi connectivity index (χ1) is 7.26. The lowest BCUT2D eigenvalue weighted by atomic mass is 10.5. The number of nitrogens with zero attached hydrogens (tertiary/aromatic N) is 3. The van der Waals surface area contributed by atoms with E-state index in [1.807, 2.05) is 6.08 Å². The summed E-state index contributed by atoms with van der Waals surface area (Å²) in [6, 6.07) is 0.582. The molecule has 1 aliphatic rings. The van der Waals surface area contributed by atoms with E-state index in [4.69, 9.17) is 5.73 Å². The average molecular weight is 224 g/mol. The van der Waals surface area contributed by atoms with Crippen LogP contribution < -0.4 is 5.73 Å². The molecule has 0 spiro atoms. The first-order valence-electron chi connectivity index (χ1n) is 5.19. The van der Waals surface area contributed by atoms with Gasteiger partial charge in [0, 0.05) is 11.3 Å². The van der Waals surface area contributed by atoms with Crippen molar-refractivity contribution in [3.05, 3.63) is 18.5 Å². The summed E-state index contributed by atoms with van der Waals surface area (Å²) >= 11 is 1.69. The van der Waals surface area contributed by atoms with Crippen molar-refractivity contribution >= 4 is 11.8 Å². The molecule has 0 radical (unpaired) electrons. The van der Waals surface area contributed by atoms with Gasteiger partial charge < -0.3 is 10.3 Å². The monoisotopic (exact) mass is 224 g/mol. The lowest BCUT2D eigenvalue weighted by molar-refractivity contribution is 0.626. The number of thioether (sulfide) groups is 1. The SMILES string of the molecule is C=CC(C)Sc1nnc(CN)n1C1CC1. The van der Waals surface area contributed by atoms with Crippen molar-refractivity contribution in [2.24, 2.45) is 5.73 Å². The number of rotatable bonds is 5. The normalized spacial score (nSPS) is 17.7. The second-order valence-corrected chi connectivity index (χ2v) is 5.11. The fourth-order valence-electron chi connectivity index (χ4n) is 1.44. The zero-order chi connectivity index (χ0) is 10.8. The number of aromatic nitrogens is 3. The largest absolute Gasteiger partial charge is 0.324 e. The maximum absolute atomic E-state index is 5.64. The van der Waals surface area contributed by atoms with Gasteiger partial charge in [-0.15, -0.1) is 16.8 Å². The summed E-state index contributed by atoms with van der Waals surface area (Å²) in [6.45, 7) is 6.34. The van der Waals surface area contributed by atoms with Crippen LogP contribution in [0.3, 0.4) is 0 Å². The molecule has 15 heavy (non-hydrogen) atoms. The molecule has 1 aliphatic carbocycles. The number of nitrogens with two attached hydrogens (primary N) is 1. The molecule has 0 amide bonds. The number of hydrogen-bond acceptors (Lipinski definition) is 4. The highest BCUT2D eigenvalue weighted by atomic mass is 32.2. The molecule has 1 heterocycles. The minimum Gasteiger partial charge on any atom is -0.324 e. The van der Waals surface area contributed by atoms with Gasteiger partial charge in [-0.3, -0.25) is 0 Å². The van der Waals surface area contributed by atoms with Crippen LogP contribution in [0.2, 0.25) is 0 Å². The van der Waals surface area contributed by atoms with Crippen LogP contribution in [0.1, 0.15) is 31.6 Å². The minimum absolute atomic E-state index is 0.359. The molecule has 1 unspecified atom stereocenters. The molecule has 1 fully saturated rings. The van der Waals surface area contributed by atoms with Gasteiger partial charge in [0.1, 0.15) is 5.82 Å². The maximum Gasteiger partial charge on any atom is 0.192 e. The van der Waals surface area contributed by atoms with Crippen LogP contribution in [0, 0.1) is 0 Å². The highest BCUT2D eigenvalue weighted by Gasteiger charge is 2.29. The van der Waals surface area contributed by atoms with Crippen molar-refractivity contribution in [1.82, 2.24) is 14.8 Å². The Balaban J connectivity index is 2.22. The highest BCUT2D eigenvalue weighted by molar-refractivity contribution is 7.99. The summed E-state index contributed by atoms with van der Waals surface area (Å²) in [5.41, 5.74) is 5.64. The molecule has 5 heteroatoms. The van der Waals surface area contributed by atoms with Crippen LogP contribution in [-0.2, 0) is 6.54 Å². The molecule has 0 saturated heterocycles. The Morgan fingerprint density at radius 3 is 2.93 bits per heavy atom. The lowest BCUT2D eigenvalue weighted by Crippen LogP contribution is -2.08. The van der Waals surface area contributed by atoms with Crippen molar-refractivity contribution in [2.75, 3.05) is 0 Å². The second-order valence-electron chi connectivity index (χ2n) is 3.76. The van der Waals surface area contributed by atoms with Crippen molar-refractivity contribution in [3.63, 3.8) is 0 Å².